The standard InChI is InChI=1S/C23H24N2O4S/c1-16(17-11-13-19(29-2)14-12-17)24-22(26)10-5-15-25-20-8-3-6-18-7-4-9-21(23(18)20)30(25,27)28/h3-4,6-9,11-14,16H,5,10,15H2,1-2H3,(H,24,26)/t16-/m0/s1. The predicted molar refractivity (Wildman–Crippen MR) is 117 cm³/mol. The van der Waals surface area contributed by atoms with Crippen LogP contribution in [0.2, 0.25) is 0 Å². The lowest BCUT2D eigenvalue weighted by Gasteiger charge is -2.19. The molecule has 156 valence electrons. The largest absolute Gasteiger partial charge is 0.497 e. The highest BCUT2D eigenvalue weighted by Gasteiger charge is 2.35. The second-order valence-electron chi connectivity index (χ2n) is 7.37. The van der Waals surface area contributed by atoms with Crippen LogP contribution in [0.15, 0.2) is 65.6 Å². The fraction of sp³-hybridized carbons (Fsp3) is 0.261. The highest BCUT2D eigenvalue weighted by Crippen LogP contribution is 2.41. The molecule has 1 aliphatic rings. The molecule has 30 heavy (non-hydrogen) atoms. The number of benzene rings is 3. The van der Waals surface area contributed by atoms with Crippen molar-refractivity contribution in [2.75, 3.05) is 18.0 Å². The number of nitrogens with one attached hydrogen (secondary N) is 1. The van der Waals surface area contributed by atoms with E-state index in [1.807, 2.05) is 55.5 Å². The van der Waals surface area contributed by atoms with Crippen LogP contribution in [0.1, 0.15) is 31.4 Å². The molecule has 1 N–H and O–H groups in total. The van der Waals surface area contributed by atoms with Gasteiger partial charge >= 0.3 is 0 Å². The molecule has 3 aromatic rings. The number of amides is 1. The molecule has 1 aliphatic heterocycles. The van der Waals surface area contributed by atoms with E-state index in [1.165, 1.54) is 4.31 Å². The first kappa shape index (κ1) is 20.2. The van der Waals surface area contributed by atoms with Gasteiger partial charge < -0.3 is 10.1 Å². The van der Waals surface area contributed by atoms with E-state index in [1.54, 1.807) is 19.2 Å². The number of carbonyl (C=O) groups is 1. The SMILES string of the molecule is COc1ccc([C@H](C)NC(=O)CCCN2c3cccc4cccc(c34)S2(=O)=O)cc1. The van der Waals surface area contributed by atoms with Crippen molar-refractivity contribution < 1.29 is 17.9 Å². The molecule has 1 heterocycles. The summed E-state index contributed by atoms with van der Waals surface area (Å²) in [5.74, 6) is 0.658. The van der Waals surface area contributed by atoms with E-state index in [0.717, 1.165) is 22.1 Å². The Hall–Kier alpha value is -3.06. The Kier molecular flexibility index (Phi) is 5.39. The summed E-state index contributed by atoms with van der Waals surface area (Å²) in [6.45, 7) is 2.18. The topological polar surface area (TPSA) is 75.7 Å². The molecular weight excluding hydrogens is 400 g/mol. The van der Waals surface area contributed by atoms with E-state index < -0.39 is 10.0 Å². The van der Waals surface area contributed by atoms with Crippen LogP contribution in [0.3, 0.4) is 0 Å². The summed E-state index contributed by atoms with van der Waals surface area (Å²) < 4.78 is 32.5. The average molecular weight is 425 g/mol. The van der Waals surface area contributed by atoms with Crippen LogP contribution in [-0.4, -0.2) is 28.0 Å². The Bertz CT molecular complexity index is 1180. The normalized spacial score (nSPS) is 15.2. The van der Waals surface area contributed by atoms with Gasteiger partial charge in [0.25, 0.3) is 10.0 Å². The summed E-state index contributed by atoms with van der Waals surface area (Å²) in [5.41, 5.74) is 1.67. The first-order valence-corrected chi connectivity index (χ1v) is 11.3. The molecule has 0 spiro atoms. The Labute approximate surface area is 176 Å². The first-order chi connectivity index (χ1) is 14.4. The van der Waals surface area contributed by atoms with E-state index in [4.69, 9.17) is 4.74 Å². The lowest BCUT2D eigenvalue weighted by molar-refractivity contribution is -0.121. The summed E-state index contributed by atoms with van der Waals surface area (Å²) in [6, 6.07) is 18.3. The predicted octanol–water partition coefficient (Wildman–Crippen LogP) is 4.01. The Morgan fingerprint density at radius 2 is 1.77 bits per heavy atom. The van der Waals surface area contributed by atoms with Gasteiger partial charge in [-0.2, -0.15) is 0 Å². The molecule has 3 aromatic carbocycles. The van der Waals surface area contributed by atoms with Crippen molar-refractivity contribution >= 4 is 32.4 Å². The molecule has 0 bridgehead atoms. The minimum absolute atomic E-state index is 0.106. The molecule has 0 aliphatic carbocycles. The Morgan fingerprint density at radius 1 is 1.07 bits per heavy atom. The maximum absolute atomic E-state index is 13.0. The van der Waals surface area contributed by atoms with Gasteiger partial charge in [-0.1, -0.05) is 36.4 Å². The van der Waals surface area contributed by atoms with Crippen molar-refractivity contribution in [2.45, 2.75) is 30.7 Å². The molecule has 0 saturated carbocycles. The molecule has 0 fully saturated rings. The molecule has 0 aromatic heterocycles. The van der Waals surface area contributed by atoms with Crippen LogP contribution in [0, 0.1) is 0 Å². The van der Waals surface area contributed by atoms with Gasteiger partial charge in [-0.15, -0.1) is 0 Å². The number of hydrogen-bond acceptors (Lipinski definition) is 4. The van der Waals surface area contributed by atoms with Gasteiger partial charge in [0.05, 0.1) is 23.7 Å². The minimum Gasteiger partial charge on any atom is -0.497 e. The molecule has 1 atom stereocenters. The number of methoxy groups -OCH3 is 1. The van der Waals surface area contributed by atoms with Crippen LogP contribution < -0.4 is 14.4 Å². The summed E-state index contributed by atoms with van der Waals surface area (Å²) in [7, 11) is -1.97. The molecular formula is C23H24N2O4S. The molecule has 0 radical (unpaired) electrons. The number of carbonyl (C=O) groups excluding carboxylic acids is 1. The van der Waals surface area contributed by atoms with Crippen LogP contribution in [0.25, 0.3) is 10.8 Å². The maximum atomic E-state index is 13.0. The fourth-order valence-electron chi connectivity index (χ4n) is 3.87. The minimum atomic E-state index is -3.58. The number of sulfonamides is 1. The second-order valence-corrected chi connectivity index (χ2v) is 9.21. The zero-order valence-corrected chi connectivity index (χ0v) is 17.8. The van der Waals surface area contributed by atoms with E-state index in [9.17, 15) is 13.2 Å². The molecule has 0 saturated heterocycles. The number of anilines is 1. The third kappa shape index (κ3) is 3.61. The smallest absolute Gasteiger partial charge is 0.265 e. The van der Waals surface area contributed by atoms with Crippen molar-refractivity contribution in [3.63, 3.8) is 0 Å². The highest BCUT2D eigenvalue weighted by atomic mass is 32.2. The van der Waals surface area contributed by atoms with Gasteiger partial charge in [0, 0.05) is 18.4 Å². The van der Waals surface area contributed by atoms with Gasteiger partial charge in [-0.25, -0.2) is 8.42 Å². The van der Waals surface area contributed by atoms with Crippen molar-refractivity contribution in [3.05, 3.63) is 66.2 Å². The zero-order chi connectivity index (χ0) is 21.3. The molecule has 6 nitrogen and oxygen atoms in total. The molecule has 1 amide bonds. The van der Waals surface area contributed by atoms with Crippen molar-refractivity contribution in [2.24, 2.45) is 0 Å². The third-order valence-electron chi connectivity index (χ3n) is 5.44. The lowest BCUT2D eigenvalue weighted by atomic mass is 10.1. The lowest BCUT2D eigenvalue weighted by Crippen LogP contribution is -2.30. The van der Waals surface area contributed by atoms with Gasteiger partial charge in [0.2, 0.25) is 5.91 Å². The number of rotatable bonds is 7. The monoisotopic (exact) mass is 424 g/mol. The zero-order valence-electron chi connectivity index (χ0n) is 17.0. The van der Waals surface area contributed by atoms with Crippen LogP contribution in [-0.2, 0) is 14.8 Å². The highest BCUT2D eigenvalue weighted by molar-refractivity contribution is 7.93. The third-order valence-corrected chi connectivity index (χ3v) is 7.30. The number of hydrogen-bond donors (Lipinski definition) is 1. The van der Waals surface area contributed by atoms with E-state index >= 15 is 0 Å². The number of ether oxygens (including phenoxy) is 1. The van der Waals surface area contributed by atoms with Gasteiger partial charge in [0.15, 0.2) is 0 Å². The summed E-state index contributed by atoms with van der Waals surface area (Å²) in [5, 5.41) is 4.64. The summed E-state index contributed by atoms with van der Waals surface area (Å²) in [6.07, 6.45) is 0.684. The van der Waals surface area contributed by atoms with E-state index in [0.29, 0.717) is 17.0 Å². The van der Waals surface area contributed by atoms with Crippen LogP contribution >= 0.6 is 0 Å². The van der Waals surface area contributed by atoms with Gasteiger partial charge in [-0.05, 0) is 48.6 Å². The van der Waals surface area contributed by atoms with E-state index in [2.05, 4.69) is 5.32 Å². The molecule has 7 heteroatoms. The fourth-order valence-corrected chi connectivity index (χ4v) is 5.62. The first-order valence-electron chi connectivity index (χ1n) is 9.89. The van der Waals surface area contributed by atoms with Gasteiger partial charge in [-0.3, -0.25) is 9.10 Å². The number of nitrogens with zero attached hydrogens (tertiary/aromatic N) is 1. The Balaban J connectivity index is 1.38. The molecule has 0 unspecified atom stereocenters. The summed E-state index contributed by atoms with van der Waals surface area (Å²) in [4.78, 5) is 12.7. The van der Waals surface area contributed by atoms with E-state index in [-0.39, 0.29) is 24.9 Å². The van der Waals surface area contributed by atoms with Crippen molar-refractivity contribution in [3.8, 4) is 5.75 Å². The molecule has 4 rings (SSSR count). The Morgan fingerprint density at radius 3 is 2.47 bits per heavy atom. The van der Waals surface area contributed by atoms with Crippen molar-refractivity contribution in [1.82, 2.24) is 5.32 Å². The van der Waals surface area contributed by atoms with Gasteiger partial charge in [0.1, 0.15) is 5.75 Å². The maximum Gasteiger partial charge on any atom is 0.265 e. The van der Waals surface area contributed by atoms with Crippen molar-refractivity contribution in [1.29, 1.82) is 0 Å². The average Bonchev–Trinajstić information content (AvgIpc) is 2.97. The van der Waals surface area contributed by atoms with Crippen LogP contribution in [0.5, 0.6) is 5.75 Å². The van der Waals surface area contributed by atoms with Crippen LogP contribution in [0.4, 0.5) is 5.69 Å². The summed E-state index contributed by atoms with van der Waals surface area (Å²) >= 11 is 0. The second kappa shape index (κ2) is 7.99. The quantitative estimate of drug-likeness (QED) is 0.622.